The van der Waals surface area contributed by atoms with Gasteiger partial charge in [-0.3, -0.25) is 9.78 Å². The van der Waals surface area contributed by atoms with Gasteiger partial charge in [-0.2, -0.15) is 11.3 Å². The van der Waals surface area contributed by atoms with Crippen molar-refractivity contribution in [2.45, 2.75) is 6.42 Å². The zero-order chi connectivity index (χ0) is 14.4. The molecule has 2 rings (SSSR count). The van der Waals surface area contributed by atoms with E-state index >= 15 is 0 Å². The fourth-order valence-electron chi connectivity index (χ4n) is 1.65. The molecule has 0 saturated carbocycles. The lowest BCUT2D eigenvalue weighted by Crippen LogP contribution is -2.26. The van der Waals surface area contributed by atoms with Gasteiger partial charge in [0.15, 0.2) is 0 Å². The molecular weight excluding hydrogens is 276 g/mol. The molecule has 0 atom stereocenters. The van der Waals surface area contributed by atoms with Crippen molar-refractivity contribution in [1.82, 2.24) is 10.3 Å². The molecule has 2 aromatic rings. The summed E-state index contributed by atoms with van der Waals surface area (Å²) in [6, 6.07) is 3.50. The van der Waals surface area contributed by atoms with Gasteiger partial charge in [-0.1, -0.05) is 0 Å². The van der Waals surface area contributed by atoms with Crippen LogP contribution in [0.2, 0.25) is 0 Å². The Morgan fingerprint density at radius 2 is 2.15 bits per heavy atom. The van der Waals surface area contributed by atoms with Crippen LogP contribution in [0.15, 0.2) is 35.3 Å². The number of thiophene rings is 1. The number of hydrogen-bond donors (Lipinski definition) is 1. The Morgan fingerprint density at radius 1 is 1.35 bits per heavy atom. The van der Waals surface area contributed by atoms with Crippen LogP contribution in [0.4, 0.5) is 0 Å². The van der Waals surface area contributed by atoms with Crippen LogP contribution in [0.1, 0.15) is 26.3 Å². The second kappa shape index (κ2) is 6.81. The standard InChI is InChI=1S/C14H14N2O3S/c1-19-14(18)12-6-11(7-15-8-12)13(17)16-4-2-10-3-5-20-9-10/h3,5-9H,2,4H2,1H3,(H,16,17). The number of carbonyl (C=O) groups excluding carboxylic acids is 2. The number of ether oxygens (including phenoxy) is 1. The third-order valence-electron chi connectivity index (χ3n) is 2.70. The number of carbonyl (C=O) groups is 2. The molecule has 2 heterocycles. The van der Waals surface area contributed by atoms with Crippen LogP contribution in [0.3, 0.4) is 0 Å². The molecule has 0 aliphatic rings. The highest BCUT2D eigenvalue weighted by atomic mass is 32.1. The van der Waals surface area contributed by atoms with Gasteiger partial charge >= 0.3 is 5.97 Å². The topological polar surface area (TPSA) is 68.3 Å². The van der Waals surface area contributed by atoms with E-state index in [4.69, 9.17) is 0 Å². The Balaban J connectivity index is 1.93. The van der Waals surface area contributed by atoms with E-state index in [1.54, 1.807) is 11.3 Å². The summed E-state index contributed by atoms with van der Waals surface area (Å²) in [6.07, 6.45) is 3.57. The van der Waals surface area contributed by atoms with Crippen LogP contribution >= 0.6 is 11.3 Å². The van der Waals surface area contributed by atoms with Crippen molar-refractivity contribution in [1.29, 1.82) is 0 Å². The SMILES string of the molecule is COC(=O)c1cncc(C(=O)NCCc2ccsc2)c1. The lowest BCUT2D eigenvalue weighted by molar-refractivity contribution is 0.0600. The Bertz CT molecular complexity index is 596. The molecule has 0 spiro atoms. The average Bonchev–Trinajstić information content (AvgIpc) is 2.99. The number of amides is 1. The van der Waals surface area contributed by atoms with E-state index in [1.807, 2.05) is 16.8 Å². The minimum absolute atomic E-state index is 0.251. The maximum atomic E-state index is 11.9. The molecule has 0 aliphatic carbocycles. The van der Waals surface area contributed by atoms with Gasteiger partial charge in [-0.05, 0) is 34.9 Å². The van der Waals surface area contributed by atoms with Crippen molar-refractivity contribution in [3.8, 4) is 0 Å². The van der Waals surface area contributed by atoms with E-state index in [9.17, 15) is 9.59 Å². The molecule has 0 radical (unpaired) electrons. The van der Waals surface area contributed by atoms with E-state index in [0.717, 1.165) is 6.42 Å². The first-order valence-corrected chi connectivity index (χ1v) is 6.97. The van der Waals surface area contributed by atoms with Crippen LogP contribution in [0.5, 0.6) is 0 Å². The molecule has 1 N–H and O–H groups in total. The molecule has 0 bridgehead atoms. The monoisotopic (exact) mass is 290 g/mol. The maximum Gasteiger partial charge on any atom is 0.339 e. The number of hydrogen-bond acceptors (Lipinski definition) is 5. The minimum Gasteiger partial charge on any atom is -0.465 e. The van der Waals surface area contributed by atoms with Crippen LogP contribution < -0.4 is 5.32 Å². The van der Waals surface area contributed by atoms with Gasteiger partial charge in [-0.15, -0.1) is 0 Å². The number of nitrogens with zero attached hydrogens (tertiary/aromatic N) is 1. The third-order valence-corrected chi connectivity index (χ3v) is 3.43. The fourth-order valence-corrected chi connectivity index (χ4v) is 2.35. The molecule has 0 aromatic carbocycles. The molecular formula is C14H14N2O3S. The van der Waals surface area contributed by atoms with Crippen LogP contribution in [-0.4, -0.2) is 30.5 Å². The molecule has 104 valence electrons. The highest BCUT2D eigenvalue weighted by Gasteiger charge is 2.11. The van der Waals surface area contributed by atoms with Gasteiger partial charge in [0, 0.05) is 18.9 Å². The maximum absolute atomic E-state index is 11.9. The summed E-state index contributed by atoms with van der Waals surface area (Å²) in [7, 11) is 1.29. The highest BCUT2D eigenvalue weighted by Crippen LogP contribution is 2.07. The number of pyridine rings is 1. The zero-order valence-corrected chi connectivity index (χ0v) is 11.8. The predicted octanol–water partition coefficient (Wildman–Crippen LogP) is 1.90. The average molecular weight is 290 g/mol. The van der Waals surface area contributed by atoms with Crippen molar-refractivity contribution in [2.75, 3.05) is 13.7 Å². The van der Waals surface area contributed by atoms with Gasteiger partial charge in [0.2, 0.25) is 0 Å². The summed E-state index contributed by atoms with van der Waals surface area (Å²) in [5, 5.41) is 6.84. The van der Waals surface area contributed by atoms with E-state index in [2.05, 4.69) is 15.0 Å². The zero-order valence-electron chi connectivity index (χ0n) is 11.0. The van der Waals surface area contributed by atoms with Gasteiger partial charge in [0.25, 0.3) is 5.91 Å². The highest BCUT2D eigenvalue weighted by molar-refractivity contribution is 7.07. The molecule has 1 amide bonds. The number of methoxy groups -OCH3 is 1. The van der Waals surface area contributed by atoms with Gasteiger partial charge in [-0.25, -0.2) is 4.79 Å². The first-order chi connectivity index (χ1) is 9.70. The number of rotatable bonds is 5. The summed E-state index contributed by atoms with van der Waals surface area (Å²) in [5.41, 5.74) is 1.80. The Morgan fingerprint density at radius 3 is 2.85 bits per heavy atom. The van der Waals surface area contributed by atoms with Crippen LogP contribution in [0.25, 0.3) is 0 Å². The van der Waals surface area contributed by atoms with Gasteiger partial charge in [0.1, 0.15) is 0 Å². The second-order valence-corrected chi connectivity index (χ2v) is 4.87. The van der Waals surface area contributed by atoms with Gasteiger partial charge < -0.3 is 10.1 Å². The van der Waals surface area contributed by atoms with Crippen LogP contribution in [0, 0.1) is 0 Å². The minimum atomic E-state index is -0.509. The number of aromatic nitrogens is 1. The number of esters is 1. The molecule has 5 nitrogen and oxygen atoms in total. The van der Waals surface area contributed by atoms with Crippen LogP contribution in [-0.2, 0) is 11.2 Å². The Labute approximate surface area is 120 Å². The summed E-state index contributed by atoms with van der Waals surface area (Å²) in [5.74, 6) is -0.760. The summed E-state index contributed by atoms with van der Waals surface area (Å²) < 4.78 is 4.59. The molecule has 6 heteroatoms. The van der Waals surface area contributed by atoms with Crippen molar-refractivity contribution in [3.05, 3.63) is 52.0 Å². The quantitative estimate of drug-likeness (QED) is 0.854. The van der Waals surface area contributed by atoms with E-state index in [-0.39, 0.29) is 11.5 Å². The lowest BCUT2D eigenvalue weighted by Gasteiger charge is -2.05. The number of nitrogens with one attached hydrogen (secondary N) is 1. The largest absolute Gasteiger partial charge is 0.465 e. The molecule has 0 aliphatic heterocycles. The first-order valence-electron chi connectivity index (χ1n) is 6.03. The summed E-state index contributed by atoms with van der Waals surface area (Å²) >= 11 is 1.63. The fraction of sp³-hybridized carbons (Fsp3) is 0.214. The van der Waals surface area contributed by atoms with Crippen molar-refractivity contribution in [2.24, 2.45) is 0 Å². The Hall–Kier alpha value is -2.21. The molecule has 0 saturated heterocycles. The third kappa shape index (κ3) is 3.64. The second-order valence-electron chi connectivity index (χ2n) is 4.09. The Kier molecular flexibility index (Phi) is 4.84. The molecule has 20 heavy (non-hydrogen) atoms. The lowest BCUT2D eigenvalue weighted by atomic mass is 10.2. The van der Waals surface area contributed by atoms with Crippen molar-refractivity contribution < 1.29 is 14.3 Å². The van der Waals surface area contributed by atoms with E-state index in [1.165, 1.54) is 31.1 Å². The van der Waals surface area contributed by atoms with E-state index < -0.39 is 5.97 Å². The summed E-state index contributed by atoms with van der Waals surface area (Å²) in [4.78, 5) is 27.2. The molecule has 2 aromatic heterocycles. The normalized spacial score (nSPS) is 10.1. The van der Waals surface area contributed by atoms with Crippen molar-refractivity contribution >= 4 is 23.2 Å². The smallest absolute Gasteiger partial charge is 0.339 e. The summed E-state index contributed by atoms with van der Waals surface area (Å²) in [6.45, 7) is 0.540. The van der Waals surface area contributed by atoms with E-state index in [0.29, 0.717) is 12.1 Å². The predicted molar refractivity (Wildman–Crippen MR) is 75.9 cm³/mol. The first kappa shape index (κ1) is 14.2. The molecule has 0 unspecified atom stereocenters. The molecule has 0 fully saturated rings. The van der Waals surface area contributed by atoms with Gasteiger partial charge in [0.05, 0.1) is 18.2 Å². The van der Waals surface area contributed by atoms with Crippen molar-refractivity contribution in [3.63, 3.8) is 0 Å².